The van der Waals surface area contributed by atoms with E-state index in [0.717, 1.165) is 11.4 Å². The average Bonchev–Trinajstić information content (AvgIpc) is 2.71. The summed E-state index contributed by atoms with van der Waals surface area (Å²) >= 11 is 5.26. The molecule has 0 heterocycles. The maximum absolute atomic E-state index is 12.6. The Morgan fingerprint density at radius 1 is 1.03 bits per heavy atom. The minimum absolute atomic E-state index is 0.207. The monoisotopic (exact) mass is 416 g/mol. The molecule has 2 aromatic rings. The predicted octanol–water partition coefficient (Wildman–Crippen LogP) is 4.26. The number of hydrogen-bond donors (Lipinski definition) is 2. The second kappa shape index (κ2) is 12.0. The largest absolute Gasteiger partial charge is 0.492 e. The third-order valence-corrected chi connectivity index (χ3v) is 3.95. The van der Waals surface area contributed by atoms with Crippen LogP contribution in [0.4, 0.5) is 5.69 Å². The maximum atomic E-state index is 12.6. The molecule has 0 unspecified atom stereocenters. The molecule has 0 atom stereocenters. The van der Waals surface area contributed by atoms with E-state index in [1.54, 1.807) is 18.2 Å². The molecule has 2 aromatic carbocycles. The van der Waals surface area contributed by atoms with Crippen LogP contribution in [0.1, 0.15) is 31.1 Å². The lowest BCUT2D eigenvalue weighted by molar-refractivity contribution is 0.0973. The van der Waals surface area contributed by atoms with E-state index in [-0.39, 0.29) is 11.0 Å². The second-order valence-corrected chi connectivity index (χ2v) is 7.09. The van der Waals surface area contributed by atoms with E-state index >= 15 is 0 Å². The lowest BCUT2D eigenvalue weighted by Gasteiger charge is -2.14. The van der Waals surface area contributed by atoms with Crippen LogP contribution in [0.5, 0.6) is 11.5 Å². The lowest BCUT2D eigenvalue weighted by Crippen LogP contribution is -2.34. The summed E-state index contributed by atoms with van der Waals surface area (Å²) in [7, 11) is 0. The predicted molar refractivity (Wildman–Crippen MR) is 119 cm³/mol. The first-order valence-corrected chi connectivity index (χ1v) is 10.0. The van der Waals surface area contributed by atoms with Gasteiger partial charge in [-0.05, 0) is 61.5 Å². The van der Waals surface area contributed by atoms with E-state index in [1.165, 1.54) is 0 Å². The van der Waals surface area contributed by atoms with Gasteiger partial charge in [-0.1, -0.05) is 26.0 Å². The molecule has 0 bridgehead atoms. The Labute approximate surface area is 177 Å². The van der Waals surface area contributed by atoms with Gasteiger partial charge in [0.25, 0.3) is 5.91 Å². The zero-order chi connectivity index (χ0) is 21.1. The van der Waals surface area contributed by atoms with Gasteiger partial charge < -0.3 is 19.5 Å². The molecule has 6 nitrogen and oxygen atoms in total. The van der Waals surface area contributed by atoms with E-state index in [9.17, 15) is 4.79 Å². The molecular formula is C22H28N2O4S. The van der Waals surface area contributed by atoms with Crippen LogP contribution in [0.2, 0.25) is 0 Å². The first-order chi connectivity index (χ1) is 14.0. The van der Waals surface area contributed by atoms with Gasteiger partial charge in [-0.25, -0.2) is 0 Å². The van der Waals surface area contributed by atoms with Crippen molar-refractivity contribution in [1.82, 2.24) is 5.32 Å². The van der Waals surface area contributed by atoms with E-state index in [4.69, 9.17) is 26.4 Å². The quantitative estimate of drug-likeness (QED) is 0.445. The Morgan fingerprint density at radius 3 is 2.45 bits per heavy atom. The van der Waals surface area contributed by atoms with Gasteiger partial charge in [-0.2, -0.15) is 0 Å². The molecule has 0 fully saturated rings. The summed E-state index contributed by atoms with van der Waals surface area (Å²) in [5, 5.41) is 5.89. The highest BCUT2D eigenvalue weighted by molar-refractivity contribution is 7.80. The third-order valence-electron chi connectivity index (χ3n) is 3.74. The molecule has 0 saturated heterocycles. The van der Waals surface area contributed by atoms with Crippen molar-refractivity contribution >= 4 is 28.9 Å². The van der Waals surface area contributed by atoms with Crippen molar-refractivity contribution in [2.75, 3.05) is 31.7 Å². The molecule has 0 aliphatic carbocycles. The number of rotatable bonds is 10. The molecule has 2 rings (SSSR count). The second-order valence-electron chi connectivity index (χ2n) is 6.68. The van der Waals surface area contributed by atoms with Gasteiger partial charge in [0.05, 0.1) is 18.8 Å². The van der Waals surface area contributed by atoms with Crippen LogP contribution >= 0.6 is 12.2 Å². The number of anilines is 1. The van der Waals surface area contributed by atoms with E-state index < -0.39 is 0 Å². The Hall–Kier alpha value is -2.64. The summed E-state index contributed by atoms with van der Waals surface area (Å²) in [6.45, 7) is 8.30. The first kappa shape index (κ1) is 22.6. The van der Waals surface area contributed by atoms with Crippen LogP contribution < -0.4 is 20.1 Å². The molecule has 156 valence electrons. The number of benzene rings is 2. The Bertz CT molecular complexity index is 794. The molecule has 1 amide bonds. The van der Waals surface area contributed by atoms with Crippen molar-refractivity contribution in [3.63, 3.8) is 0 Å². The molecule has 0 aromatic heterocycles. The minimum atomic E-state index is -0.322. The van der Waals surface area contributed by atoms with E-state index in [0.29, 0.717) is 43.7 Å². The fourth-order valence-electron chi connectivity index (χ4n) is 2.37. The number of amides is 1. The molecule has 0 aliphatic rings. The van der Waals surface area contributed by atoms with Gasteiger partial charge in [0.2, 0.25) is 0 Å². The van der Waals surface area contributed by atoms with Gasteiger partial charge in [-0.3, -0.25) is 10.1 Å². The van der Waals surface area contributed by atoms with Crippen molar-refractivity contribution in [2.24, 2.45) is 5.92 Å². The lowest BCUT2D eigenvalue weighted by atomic mass is 10.2. The van der Waals surface area contributed by atoms with Gasteiger partial charge in [0, 0.05) is 12.3 Å². The smallest absolute Gasteiger partial charge is 0.261 e. The number of carbonyl (C=O) groups excluding carboxylic acids is 1. The molecule has 0 spiro atoms. The minimum Gasteiger partial charge on any atom is -0.492 e. The van der Waals surface area contributed by atoms with Gasteiger partial charge >= 0.3 is 0 Å². The third kappa shape index (κ3) is 8.09. The van der Waals surface area contributed by atoms with Gasteiger partial charge in [0.15, 0.2) is 5.11 Å². The Kier molecular flexibility index (Phi) is 9.40. The van der Waals surface area contributed by atoms with E-state index in [2.05, 4.69) is 24.5 Å². The molecular weight excluding hydrogens is 388 g/mol. The fraction of sp³-hybridized carbons (Fsp3) is 0.364. The van der Waals surface area contributed by atoms with Crippen LogP contribution in [0, 0.1) is 5.92 Å². The topological polar surface area (TPSA) is 68.8 Å². The van der Waals surface area contributed by atoms with Crippen LogP contribution in [0.25, 0.3) is 0 Å². The molecule has 2 N–H and O–H groups in total. The number of para-hydroxylation sites is 1. The Balaban J connectivity index is 1.88. The number of hydrogen-bond acceptors (Lipinski definition) is 5. The molecule has 7 heteroatoms. The Morgan fingerprint density at radius 2 is 1.76 bits per heavy atom. The first-order valence-electron chi connectivity index (χ1n) is 9.64. The number of thiocarbonyl (C=S) groups is 1. The normalized spacial score (nSPS) is 10.5. The SMILES string of the molecule is CCOCCOc1ccc(NC(=S)NC(=O)c2ccccc2OCC(C)C)cc1. The molecule has 0 radical (unpaired) electrons. The standard InChI is InChI=1S/C22H28N2O4S/c1-4-26-13-14-27-18-11-9-17(10-12-18)23-22(29)24-21(25)19-7-5-6-8-20(19)28-15-16(2)3/h5-12,16H,4,13-15H2,1-3H3,(H2,23,24,25,29). The van der Waals surface area contributed by atoms with Gasteiger partial charge in [0.1, 0.15) is 18.1 Å². The number of carbonyl (C=O) groups is 1. The molecule has 29 heavy (non-hydrogen) atoms. The molecule has 0 saturated carbocycles. The summed E-state index contributed by atoms with van der Waals surface area (Å²) < 4.78 is 16.5. The highest BCUT2D eigenvalue weighted by Crippen LogP contribution is 2.19. The number of ether oxygens (including phenoxy) is 3. The van der Waals surface area contributed by atoms with Crippen molar-refractivity contribution in [3.8, 4) is 11.5 Å². The highest BCUT2D eigenvalue weighted by Gasteiger charge is 2.14. The fourth-order valence-corrected chi connectivity index (χ4v) is 2.58. The molecule has 0 aliphatic heterocycles. The summed E-state index contributed by atoms with van der Waals surface area (Å²) in [6.07, 6.45) is 0. The summed E-state index contributed by atoms with van der Waals surface area (Å²) in [4.78, 5) is 12.6. The van der Waals surface area contributed by atoms with Crippen LogP contribution in [-0.4, -0.2) is 37.4 Å². The average molecular weight is 417 g/mol. The zero-order valence-corrected chi connectivity index (χ0v) is 17.9. The van der Waals surface area contributed by atoms with Crippen LogP contribution in [0.15, 0.2) is 48.5 Å². The van der Waals surface area contributed by atoms with Gasteiger partial charge in [-0.15, -0.1) is 0 Å². The summed E-state index contributed by atoms with van der Waals surface area (Å²) in [5.41, 5.74) is 1.19. The number of nitrogens with one attached hydrogen (secondary N) is 2. The van der Waals surface area contributed by atoms with Crippen LogP contribution in [0.3, 0.4) is 0 Å². The van der Waals surface area contributed by atoms with Crippen LogP contribution in [-0.2, 0) is 4.74 Å². The highest BCUT2D eigenvalue weighted by atomic mass is 32.1. The maximum Gasteiger partial charge on any atom is 0.261 e. The summed E-state index contributed by atoms with van der Waals surface area (Å²) in [5.74, 6) is 1.31. The van der Waals surface area contributed by atoms with Crippen molar-refractivity contribution in [3.05, 3.63) is 54.1 Å². The van der Waals surface area contributed by atoms with E-state index in [1.807, 2.05) is 37.3 Å². The zero-order valence-electron chi connectivity index (χ0n) is 17.1. The summed E-state index contributed by atoms with van der Waals surface area (Å²) in [6, 6.07) is 14.4. The van der Waals surface area contributed by atoms with Crippen molar-refractivity contribution in [2.45, 2.75) is 20.8 Å². The van der Waals surface area contributed by atoms with Crippen molar-refractivity contribution < 1.29 is 19.0 Å². The van der Waals surface area contributed by atoms with Crippen molar-refractivity contribution in [1.29, 1.82) is 0 Å².